The van der Waals surface area contributed by atoms with Crippen molar-refractivity contribution in [2.75, 3.05) is 6.61 Å². The summed E-state index contributed by atoms with van der Waals surface area (Å²) in [6.07, 6.45) is -4.60. The molecule has 0 amide bonds. The van der Waals surface area contributed by atoms with Crippen molar-refractivity contribution in [2.24, 2.45) is 0 Å². The van der Waals surface area contributed by atoms with Crippen LogP contribution in [-0.4, -0.2) is 46.5 Å². The van der Waals surface area contributed by atoms with Crippen molar-refractivity contribution in [3.63, 3.8) is 0 Å². The molecule has 4 atom stereocenters. The molecule has 0 radical (unpaired) electrons. The summed E-state index contributed by atoms with van der Waals surface area (Å²) < 4.78 is 11.4. The Labute approximate surface area is 107 Å². The summed E-state index contributed by atoms with van der Waals surface area (Å²) in [5.41, 5.74) is 0. The molecule has 2 rings (SSSR count). The molecule has 1 aliphatic rings. The standard InChI is InChI=1S/C11H13BrO5/c12-6-1-3-7(4-2-6)17-11-10(15)9(14)8(13)5-16-11/h1-4,8-11,13-15H,5H2/t8-,9-,10-,11-/m1/s1. The van der Waals surface area contributed by atoms with Crippen LogP contribution in [0.1, 0.15) is 0 Å². The number of ether oxygens (including phenoxy) is 2. The Morgan fingerprint density at radius 1 is 1.12 bits per heavy atom. The van der Waals surface area contributed by atoms with E-state index in [9.17, 15) is 15.3 Å². The average molecular weight is 305 g/mol. The molecule has 1 aliphatic heterocycles. The van der Waals surface area contributed by atoms with E-state index in [4.69, 9.17) is 9.47 Å². The fourth-order valence-electron chi connectivity index (χ4n) is 1.53. The van der Waals surface area contributed by atoms with E-state index >= 15 is 0 Å². The number of aliphatic hydroxyl groups excluding tert-OH is 3. The minimum atomic E-state index is -1.28. The second kappa shape index (κ2) is 5.32. The lowest BCUT2D eigenvalue weighted by atomic mass is 10.1. The Bertz CT molecular complexity index is 369. The molecule has 5 nitrogen and oxygen atoms in total. The zero-order valence-corrected chi connectivity index (χ0v) is 10.4. The molecule has 1 fully saturated rings. The highest BCUT2D eigenvalue weighted by atomic mass is 79.9. The van der Waals surface area contributed by atoms with Gasteiger partial charge < -0.3 is 24.8 Å². The van der Waals surface area contributed by atoms with E-state index in [2.05, 4.69) is 15.9 Å². The molecule has 0 bridgehead atoms. The molecule has 1 aromatic rings. The van der Waals surface area contributed by atoms with Crippen molar-refractivity contribution in [1.29, 1.82) is 0 Å². The SMILES string of the molecule is O[C@H]1[C@@H](Oc2ccc(Br)cc2)OC[C@@H](O)[C@H]1O. The third-order valence-corrected chi connectivity index (χ3v) is 3.05. The fraction of sp³-hybridized carbons (Fsp3) is 0.455. The van der Waals surface area contributed by atoms with Crippen molar-refractivity contribution in [3.8, 4) is 5.75 Å². The molecule has 0 spiro atoms. The molecule has 0 unspecified atom stereocenters. The summed E-state index contributed by atoms with van der Waals surface area (Å²) in [7, 11) is 0. The van der Waals surface area contributed by atoms with Gasteiger partial charge in [0, 0.05) is 4.47 Å². The maximum absolute atomic E-state index is 9.65. The molecule has 1 aromatic carbocycles. The van der Waals surface area contributed by atoms with E-state index < -0.39 is 24.6 Å². The largest absolute Gasteiger partial charge is 0.462 e. The summed E-state index contributed by atoms with van der Waals surface area (Å²) in [6, 6.07) is 6.99. The molecule has 3 N–H and O–H groups in total. The highest BCUT2D eigenvalue weighted by molar-refractivity contribution is 9.10. The van der Waals surface area contributed by atoms with E-state index in [1.807, 2.05) is 0 Å². The second-order valence-corrected chi connectivity index (χ2v) is 4.74. The van der Waals surface area contributed by atoms with Gasteiger partial charge in [0.05, 0.1) is 6.61 Å². The normalized spacial score (nSPS) is 33.4. The number of halogens is 1. The third kappa shape index (κ3) is 2.97. The average Bonchev–Trinajstić information content (AvgIpc) is 2.33. The molecule has 1 saturated heterocycles. The van der Waals surface area contributed by atoms with Gasteiger partial charge in [-0.3, -0.25) is 0 Å². The lowest BCUT2D eigenvalue weighted by Crippen LogP contribution is -2.54. The van der Waals surface area contributed by atoms with Crippen molar-refractivity contribution in [1.82, 2.24) is 0 Å². The second-order valence-electron chi connectivity index (χ2n) is 3.82. The Morgan fingerprint density at radius 2 is 1.76 bits per heavy atom. The van der Waals surface area contributed by atoms with Gasteiger partial charge in [-0.15, -0.1) is 0 Å². The summed E-state index contributed by atoms with van der Waals surface area (Å²) in [5, 5.41) is 28.4. The van der Waals surface area contributed by atoms with Crippen molar-refractivity contribution < 1.29 is 24.8 Å². The number of hydrogen-bond acceptors (Lipinski definition) is 5. The van der Waals surface area contributed by atoms with Gasteiger partial charge in [0.25, 0.3) is 0 Å². The Hall–Kier alpha value is -0.660. The van der Waals surface area contributed by atoms with Crippen molar-refractivity contribution >= 4 is 15.9 Å². The van der Waals surface area contributed by atoms with Crippen LogP contribution in [0.5, 0.6) is 5.75 Å². The van der Waals surface area contributed by atoms with Gasteiger partial charge in [0.2, 0.25) is 6.29 Å². The van der Waals surface area contributed by atoms with Crippen LogP contribution in [0.4, 0.5) is 0 Å². The Morgan fingerprint density at radius 3 is 2.41 bits per heavy atom. The minimum absolute atomic E-state index is 0.0700. The zero-order valence-electron chi connectivity index (χ0n) is 8.86. The maximum atomic E-state index is 9.65. The van der Waals surface area contributed by atoms with Crippen LogP contribution in [0, 0.1) is 0 Å². The molecular formula is C11H13BrO5. The Kier molecular flexibility index (Phi) is 4.01. The summed E-state index contributed by atoms with van der Waals surface area (Å²) in [6.45, 7) is -0.0700. The zero-order chi connectivity index (χ0) is 12.4. The van der Waals surface area contributed by atoms with E-state index in [0.29, 0.717) is 5.75 Å². The number of rotatable bonds is 2. The summed E-state index contributed by atoms with van der Waals surface area (Å²) in [4.78, 5) is 0. The molecular weight excluding hydrogens is 292 g/mol. The van der Waals surface area contributed by atoms with Gasteiger partial charge in [-0.25, -0.2) is 0 Å². The lowest BCUT2D eigenvalue weighted by Gasteiger charge is -2.34. The van der Waals surface area contributed by atoms with Gasteiger partial charge in [-0.2, -0.15) is 0 Å². The molecule has 0 aliphatic carbocycles. The number of hydrogen-bond donors (Lipinski definition) is 3. The maximum Gasteiger partial charge on any atom is 0.228 e. The predicted octanol–water partition coefficient (Wildman–Crippen LogP) is 0.267. The van der Waals surface area contributed by atoms with Gasteiger partial charge in [0.1, 0.15) is 24.1 Å². The topological polar surface area (TPSA) is 79.2 Å². The van der Waals surface area contributed by atoms with Crippen LogP contribution in [0.3, 0.4) is 0 Å². The van der Waals surface area contributed by atoms with Crippen LogP contribution in [0.25, 0.3) is 0 Å². The van der Waals surface area contributed by atoms with Crippen LogP contribution in [0.2, 0.25) is 0 Å². The quantitative estimate of drug-likeness (QED) is 0.731. The van der Waals surface area contributed by atoms with Gasteiger partial charge in [0.15, 0.2) is 0 Å². The van der Waals surface area contributed by atoms with Gasteiger partial charge in [-0.05, 0) is 24.3 Å². The first-order chi connectivity index (χ1) is 8.08. The first-order valence-electron chi connectivity index (χ1n) is 5.16. The van der Waals surface area contributed by atoms with Gasteiger partial charge >= 0.3 is 0 Å². The Balaban J connectivity index is 2.01. The highest BCUT2D eigenvalue weighted by Crippen LogP contribution is 2.22. The van der Waals surface area contributed by atoms with Crippen LogP contribution >= 0.6 is 15.9 Å². The monoisotopic (exact) mass is 304 g/mol. The molecule has 94 valence electrons. The first kappa shape index (κ1) is 12.8. The van der Waals surface area contributed by atoms with Crippen molar-refractivity contribution in [2.45, 2.75) is 24.6 Å². The fourth-order valence-corrected chi connectivity index (χ4v) is 1.79. The predicted molar refractivity (Wildman–Crippen MR) is 62.5 cm³/mol. The lowest BCUT2D eigenvalue weighted by molar-refractivity contribution is -0.242. The smallest absolute Gasteiger partial charge is 0.228 e. The van der Waals surface area contributed by atoms with E-state index in [1.54, 1.807) is 24.3 Å². The highest BCUT2D eigenvalue weighted by Gasteiger charge is 2.38. The molecule has 17 heavy (non-hydrogen) atoms. The summed E-state index contributed by atoms with van der Waals surface area (Å²) in [5.74, 6) is 0.515. The van der Waals surface area contributed by atoms with E-state index in [0.717, 1.165) is 4.47 Å². The van der Waals surface area contributed by atoms with E-state index in [-0.39, 0.29) is 6.61 Å². The van der Waals surface area contributed by atoms with Crippen molar-refractivity contribution in [3.05, 3.63) is 28.7 Å². The molecule has 0 aromatic heterocycles. The van der Waals surface area contributed by atoms with Crippen LogP contribution in [0.15, 0.2) is 28.7 Å². The molecule has 0 saturated carbocycles. The first-order valence-corrected chi connectivity index (χ1v) is 5.95. The number of benzene rings is 1. The summed E-state index contributed by atoms with van der Waals surface area (Å²) >= 11 is 3.29. The third-order valence-electron chi connectivity index (χ3n) is 2.52. The number of aliphatic hydroxyl groups is 3. The van der Waals surface area contributed by atoms with Crippen LogP contribution in [-0.2, 0) is 4.74 Å². The van der Waals surface area contributed by atoms with E-state index in [1.165, 1.54) is 0 Å². The molecule has 6 heteroatoms. The van der Waals surface area contributed by atoms with Crippen LogP contribution < -0.4 is 4.74 Å². The molecule has 1 heterocycles. The van der Waals surface area contributed by atoms with Gasteiger partial charge in [-0.1, -0.05) is 15.9 Å². The minimum Gasteiger partial charge on any atom is -0.462 e.